The normalized spacial score (nSPS) is 24.4. The number of amidine groups is 1. The minimum Gasteiger partial charge on any atom is -0.481 e. The molecule has 1 unspecified atom stereocenters. The molecular weight excluding hydrogens is 204 g/mol. The zero-order chi connectivity index (χ0) is 10.7. The highest BCUT2D eigenvalue weighted by Crippen LogP contribution is 2.22. The first kappa shape index (κ1) is 11.0. The molecule has 14 heavy (non-hydrogen) atoms. The lowest BCUT2D eigenvalue weighted by atomic mass is 10.3. The number of amides is 1. The lowest BCUT2D eigenvalue weighted by Gasteiger charge is -1.99. The summed E-state index contributed by atoms with van der Waals surface area (Å²) in [5, 5.41) is 11.1. The van der Waals surface area contributed by atoms with E-state index in [-0.39, 0.29) is 18.4 Å². The van der Waals surface area contributed by atoms with Gasteiger partial charge in [0.1, 0.15) is 5.25 Å². The third-order valence-electron chi connectivity index (χ3n) is 1.51. The zero-order valence-corrected chi connectivity index (χ0v) is 8.80. The van der Waals surface area contributed by atoms with Gasteiger partial charge in [-0.15, -0.1) is 0 Å². The zero-order valence-electron chi connectivity index (χ0n) is 7.98. The maximum absolute atomic E-state index is 11.2. The molecule has 1 rings (SSSR count). The molecule has 1 heterocycles. The van der Waals surface area contributed by atoms with Crippen molar-refractivity contribution < 1.29 is 14.7 Å². The second-order valence-corrected chi connectivity index (χ2v) is 4.41. The van der Waals surface area contributed by atoms with Gasteiger partial charge in [0.05, 0.1) is 6.42 Å². The third-order valence-corrected chi connectivity index (χ3v) is 2.61. The van der Waals surface area contributed by atoms with Crippen LogP contribution in [-0.2, 0) is 9.59 Å². The molecule has 0 bridgehead atoms. The molecule has 1 fully saturated rings. The van der Waals surface area contributed by atoms with Gasteiger partial charge in [-0.25, -0.2) is 0 Å². The van der Waals surface area contributed by atoms with Crippen LogP contribution in [0.1, 0.15) is 20.3 Å². The topological polar surface area (TPSA) is 78.8 Å². The maximum atomic E-state index is 11.2. The second-order valence-electron chi connectivity index (χ2n) is 3.22. The number of rotatable bonds is 3. The summed E-state index contributed by atoms with van der Waals surface area (Å²) in [4.78, 5) is 25.8. The van der Waals surface area contributed by atoms with E-state index in [1.807, 2.05) is 13.8 Å². The number of nitrogens with one attached hydrogen (secondary N) is 1. The Morgan fingerprint density at radius 1 is 1.71 bits per heavy atom. The van der Waals surface area contributed by atoms with Gasteiger partial charge in [0.15, 0.2) is 5.17 Å². The average Bonchev–Trinajstić information content (AvgIpc) is 2.28. The summed E-state index contributed by atoms with van der Waals surface area (Å²) in [6.45, 7) is 3.79. The highest BCUT2D eigenvalue weighted by molar-refractivity contribution is 8.15. The molecule has 0 aliphatic carbocycles. The lowest BCUT2D eigenvalue weighted by molar-refractivity contribution is -0.138. The van der Waals surface area contributed by atoms with Crippen molar-refractivity contribution >= 4 is 28.8 Å². The van der Waals surface area contributed by atoms with Crippen LogP contribution in [0.2, 0.25) is 0 Å². The summed E-state index contributed by atoms with van der Waals surface area (Å²) in [6, 6.07) is 0.0985. The number of carboxylic acids is 1. The molecule has 0 radical (unpaired) electrons. The van der Waals surface area contributed by atoms with E-state index in [4.69, 9.17) is 5.11 Å². The van der Waals surface area contributed by atoms with E-state index in [2.05, 4.69) is 10.3 Å². The Kier molecular flexibility index (Phi) is 3.51. The fourth-order valence-electron chi connectivity index (χ4n) is 0.994. The van der Waals surface area contributed by atoms with Crippen LogP contribution in [0.5, 0.6) is 0 Å². The molecule has 0 aromatic rings. The van der Waals surface area contributed by atoms with Gasteiger partial charge in [0, 0.05) is 6.04 Å². The van der Waals surface area contributed by atoms with Gasteiger partial charge in [-0.05, 0) is 13.8 Å². The molecule has 1 atom stereocenters. The van der Waals surface area contributed by atoms with Crippen LogP contribution >= 0.6 is 11.8 Å². The van der Waals surface area contributed by atoms with E-state index < -0.39 is 11.2 Å². The van der Waals surface area contributed by atoms with Gasteiger partial charge in [0.2, 0.25) is 5.91 Å². The Balaban J connectivity index is 2.60. The van der Waals surface area contributed by atoms with Gasteiger partial charge < -0.3 is 10.4 Å². The number of hydrogen-bond acceptors (Lipinski definition) is 4. The Morgan fingerprint density at radius 3 is 2.86 bits per heavy atom. The highest BCUT2D eigenvalue weighted by atomic mass is 32.2. The van der Waals surface area contributed by atoms with Crippen LogP contribution in [0.15, 0.2) is 4.99 Å². The van der Waals surface area contributed by atoms with Crippen molar-refractivity contribution in [2.45, 2.75) is 31.6 Å². The van der Waals surface area contributed by atoms with Crippen LogP contribution in [-0.4, -0.2) is 33.4 Å². The van der Waals surface area contributed by atoms with E-state index in [1.54, 1.807) is 0 Å². The van der Waals surface area contributed by atoms with Crippen molar-refractivity contribution in [1.82, 2.24) is 5.32 Å². The Bertz CT molecular complexity index is 288. The van der Waals surface area contributed by atoms with Crippen molar-refractivity contribution in [3.05, 3.63) is 0 Å². The van der Waals surface area contributed by atoms with Crippen molar-refractivity contribution in [2.75, 3.05) is 0 Å². The number of aliphatic imine (C=N–C) groups is 1. The summed E-state index contributed by atoms with van der Waals surface area (Å²) in [5.74, 6) is -1.24. The minimum absolute atomic E-state index is 0.0985. The summed E-state index contributed by atoms with van der Waals surface area (Å²) in [5.41, 5.74) is 0. The maximum Gasteiger partial charge on any atom is 0.305 e. The molecule has 1 aliphatic heterocycles. The van der Waals surface area contributed by atoms with E-state index in [1.165, 1.54) is 11.8 Å². The minimum atomic E-state index is -0.969. The van der Waals surface area contributed by atoms with Gasteiger partial charge in [-0.1, -0.05) is 11.8 Å². The van der Waals surface area contributed by atoms with E-state index in [0.29, 0.717) is 5.17 Å². The molecule has 5 nitrogen and oxygen atoms in total. The summed E-state index contributed by atoms with van der Waals surface area (Å²) >= 11 is 1.18. The molecular formula is C8H12N2O3S. The fraction of sp³-hybridized carbons (Fsp3) is 0.625. The standard InChI is InChI=1S/C8H12N2O3S/c1-4(2)9-8-10-7(13)5(14-8)3-6(11)12/h4-5H,3H2,1-2H3,(H,11,12)(H,9,10,13). The summed E-state index contributed by atoms with van der Waals surface area (Å²) < 4.78 is 0. The first-order valence-electron chi connectivity index (χ1n) is 4.26. The quantitative estimate of drug-likeness (QED) is 0.718. The first-order valence-corrected chi connectivity index (χ1v) is 5.14. The lowest BCUT2D eigenvalue weighted by Crippen LogP contribution is -2.26. The Morgan fingerprint density at radius 2 is 2.36 bits per heavy atom. The Hall–Kier alpha value is -1.04. The van der Waals surface area contributed by atoms with Crippen molar-refractivity contribution in [2.24, 2.45) is 4.99 Å². The molecule has 0 aromatic heterocycles. The molecule has 1 aliphatic rings. The average molecular weight is 216 g/mol. The van der Waals surface area contributed by atoms with E-state index in [9.17, 15) is 9.59 Å². The number of carbonyl (C=O) groups is 2. The van der Waals surface area contributed by atoms with Gasteiger partial charge in [-0.2, -0.15) is 0 Å². The summed E-state index contributed by atoms with van der Waals surface area (Å²) in [6.07, 6.45) is -0.159. The fourth-order valence-corrected chi connectivity index (χ4v) is 2.09. The molecule has 1 saturated heterocycles. The van der Waals surface area contributed by atoms with Gasteiger partial charge >= 0.3 is 5.97 Å². The third kappa shape index (κ3) is 3.02. The predicted molar refractivity (Wildman–Crippen MR) is 54.3 cm³/mol. The molecule has 1 amide bonds. The second kappa shape index (κ2) is 4.45. The monoisotopic (exact) mass is 216 g/mol. The van der Waals surface area contributed by atoms with Crippen LogP contribution in [0.4, 0.5) is 0 Å². The van der Waals surface area contributed by atoms with Gasteiger partial charge in [-0.3, -0.25) is 14.6 Å². The number of carboxylic acid groups (broad SMARTS) is 1. The molecule has 6 heteroatoms. The van der Waals surface area contributed by atoms with E-state index >= 15 is 0 Å². The van der Waals surface area contributed by atoms with Crippen molar-refractivity contribution in [3.63, 3.8) is 0 Å². The number of carbonyl (C=O) groups excluding carboxylic acids is 1. The SMILES string of the molecule is CC(C)N=C1NC(=O)C(CC(=O)O)S1. The van der Waals surface area contributed by atoms with Crippen molar-refractivity contribution in [1.29, 1.82) is 0 Å². The number of nitrogens with zero attached hydrogens (tertiary/aromatic N) is 1. The smallest absolute Gasteiger partial charge is 0.305 e. The van der Waals surface area contributed by atoms with Crippen molar-refractivity contribution in [3.8, 4) is 0 Å². The number of aliphatic carboxylic acids is 1. The molecule has 0 saturated carbocycles. The van der Waals surface area contributed by atoms with Crippen LogP contribution in [0.3, 0.4) is 0 Å². The number of thioether (sulfide) groups is 1. The summed E-state index contributed by atoms with van der Waals surface area (Å²) in [7, 11) is 0. The molecule has 78 valence electrons. The largest absolute Gasteiger partial charge is 0.481 e. The van der Waals surface area contributed by atoms with Crippen LogP contribution in [0.25, 0.3) is 0 Å². The van der Waals surface area contributed by atoms with Crippen LogP contribution < -0.4 is 5.32 Å². The molecule has 0 aromatic carbocycles. The van der Waals surface area contributed by atoms with Gasteiger partial charge in [0.25, 0.3) is 0 Å². The molecule has 0 spiro atoms. The predicted octanol–water partition coefficient (Wildman–Crippen LogP) is 0.457. The van der Waals surface area contributed by atoms with Crippen LogP contribution in [0, 0.1) is 0 Å². The highest BCUT2D eigenvalue weighted by Gasteiger charge is 2.31. The Labute approximate surface area is 86.0 Å². The van der Waals surface area contributed by atoms with E-state index in [0.717, 1.165) is 0 Å². The first-order chi connectivity index (χ1) is 6.49. The molecule has 2 N–H and O–H groups in total. The number of hydrogen-bond donors (Lipinski definition) is 2.